The maximum Gasteiger partial charge on any atom is 0.150 e. The lowest BCUT2D eigenvalue weighted by atomic mass is 9.91. The molecule has 0 aliphatic carbocycles. The Hall–Kier alpha value is -3.13. The van der Waals surface area contributed by atoms with Crippen LogP contribution in [0.1, 0.15) is 10.4 Å². The van der Waals surface area contributed by atoms with Crippen LogP contribution in [0.4, 0.5) is 0 Å². The van der Waals surface area contributed by atoms with E-state index in [2.05, 4.69) is 0 Å². The van der Waals surface area contributed by atoms with Gasteiger partial charge in [-0.1, -0.05) is 66.7 Å². The lowest BCUT2D eigenvalue weighted by molar-refractivity contribution is 0.112. The molecule has 0 bridgehead atoms. The van der Waals surface area contributed by atoms with Crippen molar-refractivity contribution in [2.24, 2.45) is 0 Å². The lowest BCUT2D eigenvalue weighted by Gasteiger charge is -2.13. The summed E-state index contributed by atoms with van der Waals surface area (Å²) in [6.45, 7) is 0. The summed E-state index contributed by atoms with van der Waals surface area (Å²) >= 11 is 0. The molecular weight excluding hydrogens is 284 g/mol. The van der Waals surface area contributed by atoms with E-state index >= 15 is 0 Å². The molecule has 0 saturated carbocycles. The number of phenolic OH excluding ortho intramolecular Hbond substituents is 1. The molecule has 4 aromatic carbocycles. The van der Waals surface area contributed by atoms with Crippen LogP contribution in [0.3, 0.4) is 0 Å². The number of carbonyl (C=O) groups excluding carboxylic acids is 1. The van der Waals surface area contributed by atoms with Gasteiger partial charge in [0.15, 0.2) is 6.29 Å². The molecule has 0 amide bonds. The molecule has 0 radical (unpaired) electrons. The molecule has 0 fully saturated rings. The molecule has 0 aliphatic heterocycles. The fourth-order valence-electron chi connectivity index (χ4n) is 3.19. The van der Waals surface area contributed by atoms with Crippen molar-refractivity contribution >= 4 is 27.8 Å². The Morgan fingerprint density at radius 1 is 0.696 bits per heavy atom. The molecule has 0 atom stereocenters. The van der Waals surface area contributed by atoms with Gasteiger partial charge in [-0.2, -0.15) is 0 Å². The molecule has 0 unspecified atom stereocenters. The van der Waals surface area contributed by atoms with E-state index in [-0.39, 0.29) is 5.75 Å². The Labute approximate surface area is 133 Å². The number of hydrogen-bond acceptors (Lipinski definition) is 2. The highest BCUT2D eigenvalue weighted by molar-refractivity contribution is 6.10. The fraction of sp³-hybridized carbons (Fsp3) is 0. The number of aromatic hydroxyl groups is 1. The second-order valence-corrected chi connectivity index (χ2v) is 5.55. The maximum absolute atomic E-state index is 11.3. The first-order chi connectivity index (χ1) is 11.3. The van der Waals surface area contributed by atoms with Gasteiger partial charge in [0, 0.05) is 11.1 Å². The molecule has 2 heteroatoms. The lowest BCUT2D eigenvalue weighted by Crippen LogP contribution is -1.89. The number of rotatable bonds is 2. The van der Waals surface area contributed by atoms with Crippen molar-refractivity contribution in [3.05, 3.63) is 78.4 Å². The van der Waals surface area contributed by atoms with E-state index in [9.17, 15) is 9.90 Å². The van der Waals surface area contributed by atoms with Gasteiger partial charge in [0.2, 0.25) is 0 Å². The van der Waals surface area contributed by atoms with Crippen LogP contribution in [-0.4, -0.2) is 11.4 Å². The molecule has 0 aromatic heterocycles. The summed E-state index contributed by atoms with van der Waals surface area (Å²) < 4.78 is 0. The molecular formula is C21H14O2. The zero-order valence-electron chi connectivity index (χ0n) is 12.4. The van der Waals surface area contributed by atoms with Gasteiger partial charge in [0.25, 0.3) is 0 Å². The fourth-order valence-corrected chi connectivity index (χ4v) is 3.19. The van der Waals surface area contributed by atoms with Crippen LogP contribution in [0, 0.1) is 0 Å². The second kappa shape index (κ2) is 5.25. The van der Waals surface area contributed by atoms with Crippen LogP contribution in [0.2, 0.25) is 0 Å². The van der Waals surface area contributed by atoms with Gasteiger partial charge >= 0.3 is 0 Å². The minimum Gasteiger partial charge on any atom is -0.507 e. The zero-order valence-corrected chi connectivity index (χ0v) is 12.4. The summed E-state index contributed by atoms with van der Waals surface area (Å²) in [4.78, 5) is 11.3. The average Bonchev–Trinajstić information content (AvgIpc) is 2.61. The Kier molecular flexibility index (Phi) is 3.09. The quantitative estimate of drug-likeness (QED) is 0.518. The van der Waals surface area contributed by atoms with Gasteiger partial charge in [-0.25, -0.2) is 0 Å². The standard InChI is InChI=1S/C21H14O2/c22-13-15-9-11-19(18-8-4-3-6-16(15)18)21-17-7-2-1-5-14(17)10-12-20(21)23/h1-13,23H. The van der Waals surface area contributed by atoms with Crippen molar-refractivity contribution in [1.29, 1.82) is 0 Å². The SMILES string of the molecule is O=Cc1ccc(-c2c(O)ccc3ccccc23)c2ccccc12. The van der Waals surface area contributed by atoms with Gasteiger partial charge in [-0.3, -0.25) is 4.79 Å². The van der Waals surface area contributed by atoms with Crippen molar-refractivity contribution in [2.45, 2.75) is 0 Å². The molecule has 110 valence electrons. The second-order valence-electron chi connectivity index (χ2n) is 5.55. The minimum atomic E-state index is 0.243. The zero-order chi connectivity index (χ0) is 15.8. The summed E-state index contributed by atoms with van der Waals surface area (Å²) in [7, 11) is 0. The van der Waals surface area contributed by atoms with Crippen LogP contribution in [0.5, 0.6) is 5.75 Å². The van der Waals surface area contributed by atoms with Gasteiger partial charge in [0.1, 0.15) is 5.75 Å². The molecule has 0 heterocycles. The smallest absolute Gasteiger partial charge is 0.150 e. The normalized spacial score (nSPS) is 11.0. The summed E-state index contributed by atoms with van der Waals surface area (Å²) in [6, 6.07) is 23.1. The molecule has 2 nitrogen and oxygen atoms in total. The minimum absolute atomic E-state index is 0.243. The van der Waals surface area contributed by atoms with Gasteiger partial charge in [-0.05, 0) is 33.2 Å². The predicted molar refractivity (Wildman–Crippen MR) is 93.9 cm³/mol. The third-order valence-corrected chi connectivity index (χ3v) is 4.26. The monoisotopic (exact) mass is 298 g/mol. The Morgan fingerprint density at radius 3 is 2.17 bits per heavy atom. The van der Waals surface area contributed by atoms with E-state index in [1.165, 1.54) is 0 Å². The van der Waals surface area contributed by atoms with E-state index < -0.39 is 0 Å². The highest BCUT2D eigenvalue weighted by Crippen LogP contribution is 2.40. The predicted octanol–water partition coefficient (Wildman–Crippen LogP) is 5.18. The molecule has 0 spiro atoms. The molecule has 23 heavy (non-hydrogen) atoms. The van der Waals surface area contributed by atoms with Gasteiger partial charge < -0.3 is 5.11 Å². The maximum atomic E-state index is 11.3. The van der Waals surface area contributed by atoms with Crippen LogP contribution in [-0.2, 0) is 0 Å². The van der Waals surface area contributed by atoms with Crippen LogP contribution >= 0.6 is 0 Å². The van der Waals surface area contributed by atoms with Crippen molar-refractivity contribution in [1.82, 2.24) is 0 Å². The van der Waals surface area contributed by atoms with E-state index in [1.807, 2.05) is 66.7 Å². The highest BCUT2D eigenvalue weighted by atomic mass is 16.3. The van der Waals surface area contributed by atoms with E-state index in [4.69, 9.17) is 0 Å². The summed E-state index contributed by atoms with van der Waals surface area (Å²) in [5.41, 5.74) is 2.39. The number of fused-ring (bicyclic) bond motifs is 2. The molecule has 4 aromatic rings. The number of aldehydes is 1. The first-order valence-electron chi connectivity index (χ1n) is 7.47. The Morgan fingerprint density at radius 2 is 1.39 bits per heavy atom. The summed E-state index contributed by atoms with van der Waals surface area (Å²) in [5.74, 6) is 0.243. The van der Waals surface area contributed by atoms with E-state index in [0.29, 0.717) is 5.56 Å². The molecule has 0 saturated heterocycles. The van der Waals surface area contributed by atoms with Gasteiger partial charge in [-0.15, -0.1) is 0 Å². The van der Waals surface area contributed by atoms with Crippen LogP contribution in [0.15, 0.2) is 72.8 Å². The van der Waals surface area contributed by atoms with Crippen molar-refractivity contribution in [3.63, 3.8) is 0 Å². The van der Waals surface area contributed by atoms with Crippen molar-refractivity contribution in [3.8, 4) is 16.9 Å². The van der Waals surface area contributed by atoms with E-state index in [1.54, 1.807) is 6.07 Å². The Balaban J connectivity index is 2.16. The van der Waals surface area contributed by atoms with E-state index in [0.717, 1.165) is 39.0 Å². The topological polar surface area (TPSA) is 37.3 Å². The average molecular weight is 298 g/mol. The van der Waals surface area contributed by atoms with Crippen LogP contribution in [0.25, 0.3) is 32.7 Å². The number of benzene rings is 4. The first kappa shape index (κ1) is 13.5. The number of hydrogen-bond donors (Lipinski definition) is 1. The molecule has 4 rings (SSSR count). The summed E-state index contributed by atoms with van der Waals surface area (Å²) in [5, 5.41) is 14.4. The Bertz CT molecular complexity index is 1050. The first-order valence-corrected chi connectivity index (χ1v) is 7.47. The molecule has 0 aliphatic rings. The molecule has 1 N–H and O–H groups in total. The third kappa shape index (κ3) is 2.08. The van der Waals surface area contributed by atoms with Crippen molar-refractivity contribution in [2.75, 3.05) is 0 Å². The van der Waals surface area contributed by atoms with Crippen molar-refractivity contribution < 1.29 is 9.90 Å². The highest BCUT2D eigenvalue weighted by Gasteiger charge is 2.13. The van der Waals surface area contributed by atoms with Gasteiger partial charge in [0.05, 0.1) is 0 Å². The summed E-state index contributed by atoms with van der Waals surface area (Å²) in [6.07, 6.45) is 0.870. The van der Waals surface area contributed by atoms with Crippen LogP contribution < -0.4 is 0 Å². The number of phenols is 1. The third-order valence-electron chi connectivity index (χ3n) is 4.26. The number of carbonyl (C=O) groups is 1. The largest absolute Gasteiger partial charge is 0.507 e.